The molecule has 8 heteroatoms. The third-order valence-electron chi connectivity index (χ3n) is 5.02. The van der Waals surface area contributed by atoms with Gasteiger partial charge in [0, 0.05) is 10.4 Å². The lowest BCUT2D eigenvalue weighted by molar-refractivity contribution is -0.112. The number of aryl methyl sites for hydroxylation is 1. The topological polar surface area (TPSA) is 97.6 Å². The van der Waals surface area contributed by atoms with E-state index in [9.17, 15) is 14.9 Å². The van der Waals surface area contributed by atoms with E-state index in [4.69, 9.17) is 14.2 Å². The van der Waals surface area contributed by atoms with Crippen LogP contribution in [-0.2, 0) is 9.53 Å². The van der Waals surface area contributed by atoms with Crippen molar-refractivity contribution < 1.29 is 23.8 Å². The van der Waals surface area contributed by atoms with E-state index in [1.807, 2.05) is 51.1 Å². The summed E-state index contributed by atoms with van der Waals surface area (Å²) in [4.78, 5) is 26.5. The molecule has 2 aromatic carbocycles. The van der Waals surface area contributed by atoms with Crippen molar-refractivity contribution in [1.29, 1.82) is 5.26 Å². The van der Waals surface area contributed by atoms with Gasteiger partial charge >= 0.3 is 5.97 Å². The van der Waals surface area contributed by atoms with Crippen LogP contribution in [0, 0.1) is 18.3 Å². The third kappa shape index (κ3) is 6.08. The van der Waals surface area contributed by atoms with Crippen LogP contribution in [0.3, 0.4) is 0 Å². The van der Waals surface area contributed by atoms with Crippen molar-refractivity contribution in [3.8, 4) is 28.7 Å². The third-order valence-corrected chi connectivity index (χ3v) is 6.04. The predicted molar refractivity (Wildman–Crippen MR) is 137 cm³/mol. The smallest absolute Gasteiger partial charge is 0.341 e. The van der Waals surface area contributed by atoms with Crippen LogP contribution in [0.1, 0.15) is 34.6 Å². The van der Waals surface area contributed by atoms with E-state index < -0.39 is 11.9 Å². The average Bonchev–Trinajstić information content (AvgIpc) is 3.19. The van der Waals surface area contributed by atoms with Gasteiger partial charge in [0.25, 0.3) is 5.91 Å². The van der Waals surface area contributed by atoms with Gasteiger partial charge in [0.2, 0.25) is 0 Å². The van der Waals surface area contributed by atoms with Gasteiger partial charge in [-0.15, -0.1) is 11.3 Å². The van der Waals surface area contributed by atoms with Crippen LogP contribution in [0.25, 0.3) is 17.2 Å². The molecule has 35 heavy (non-hydrogen) atoms. The molecule has 180 valence electrons. The minimum absolute atomic E-state index is 0.0985. The number of carbonyl (C=O) groups is 2. The molecule has 0 fully saturated rings. The van der Waals surface area contributed by atoms with Gasteiger partial charge in [-0.3, -0.25) is 4.79 Å². The van der Waals surface area contributed by atoms with Gasteiger partial charge in [-0.05, 0) is 62.2 Å². The summed E-state index contributed by atoms with van der Waals surface area (Å²) in [6.45, 7) is 6.75. The van der Waals surface area contributed by atoms with Gasteiger partial charge in [-0.25, -0.2) is 4.79 Å². The summed E-state index contributed by atoms with van der Waals surface area (Å²) >= 11 is 1.25. The standard InChI is InChI=1S/C27H26N2O5S/c1-5-33-21-11-7-18(8-12-21)15-20(16-28)25(30)29-26-24(27(31)32-4)23(17(3)35-26)19-9-13-22(14-10-19)34-6-2/h7-15H,5-6H2,1-4H3,(H,29,30)/b20-15+. The van der Waals surface area contributed by atoms with Crippen LogP contribution in [0.15, 0.2) is 54.1 Å². The normalized spacial score (nSPS) is 10.9. The van der Waals surface area contributed by atoms with Gasteiger partial charge < -0.3 is 19.5 Å². The number of ether oxygens (including phenoxy) is 3. The molecule has 1 N–H and O–H groups in total. The summed E-state index contributed by atoms with van der Waals surface area (Å²) in [6, 6.07) is 16.3. The van der Waals surface area contributed by atoms with E-state index in [1.54, 1.807) is 24.3 Å². The molecule has 1 amide bonds. The predicted octanol–water partition coefficient (Wildman–Crippen LogP) is 5.85. The zero-order chi connectivity index (χ0) is 25.4. The van der Waals surface area contributed by atoms with Crippen LogP contribution in [0.4, 0.5) is 5.00 Å². The molecule has 0 saturated carbocycles. The molecule has 0 spiro atoms. The fraction of sp³-hybridized carbons (Fsp3) is 0.222. The van der Waals surface area contributed by atoms with Gasteiger partial charge in [0.05, 0.1) is 20.3 Å². The number of hydrogen-bond donors (Lipinski definition) is 1. The Morgan fingerprint density at radius 1 is 1.00 bits per heavy atom. The van der Waals surface area contributed by atoms with Gasteiger partial charge in [-0.2, -0.15) is 5.26 Å². The van der Waals surface area contributed by atoms with Gasteiger partial charge in [-0.1, -0.05) is 24.3 Å². The maximum Gasteiger partial charge on any atom is 0.341 e. The lowest BCUT2D eigenvalue weighted by atomic mass is 10.0. The van der Waals surface area contributed by atoms with Crippen molar-refractivity contribution in [2.45, 2.75) is 20.8 Å². The van der Waals surface area contributed by atoms with E-state index in [0.717, 1.165) is 16.2 Å². The number of nitriles is 1. The van der Waals surface area contributed by atoms with Crippen molar-refractivity contribution in [2.24, 2.45) is 0 Å². The number of amides is 1. The first kappa shape index (κ1) is 25.5. The minimum Gasteiger partial charge on any atom is -0.494 e. The quantitative estimate of drug-likeness (QED) is 0.229. The Morgan fingerprint density at radius 2 is 1.57 bits per heavy atom. The second kappa shape index (κ2) is 11.9. The van der Waals surface area contributed by atoms with Crippen LogP contribution in [0.5, 0.6) is 11.5 Å². The highest BCUT2D eigenvalue weighted by Gasteiger charge is 2.26. The highest BCUT2D eigenvalue weighted by Crippen LogP contribution is 2.41. The van der Waals surface area contributed by atoms with E-state index in [0.29, 0.717) is 35.1 Å². The molecule has 7 nitrogen and oxygen atoms in total. The lowest BCUT2D eigenvalue weighted by Crippen LogP contribution is -2.15. The van der Waals surface area contributed by atoms with Crippen LogP contribution in [0.2, 0.25) is 0 Å². The molecular weight excluding hydrogens is 464 g/mol. The van der Waals surface area contributed by atoms with Crippen molar-refractivity contribution in [1.82, 2.24) is 0 Å². The maximum absolute atomic E-state index is 13.0. The number of thiophene rings is 1. The van der Waals surface area contributed by atoms with Crippen LogP contribution >= 0.6 is 11.3 Å². The number of benzene rings is 2. The molecule has 3 aromatic rings. The Hall–Kier alpha value is -4.09. The van der Waals surface area contributed by atoms with E-state index in [-0.39, 0.29) is 11.1 Å². The van der Waals surface area contributed by atoms with Crippen molar-refractivity contribution in [3.63, 3.8) is 0 Å². The highest BCUT2D eigenvalue weighted by molar-refractivity contribution is 7.17. The SMILES string of the molecule is CCOc1ccc(/C=C(\C#N)C(=O)Nc2sc(C)c(-c3ccc(OCC)cc3)c2C(=O)OC)cc1. The molecule has 0 radical (unpaired) electrons. The first-order valence-electron chi connectivity index (χ1n) is 11.0. The Kier molecular flexibility index (Phi) is 8.65. The molecule has 0 atom stereocenters. The molecule has 3 rings (SSSR count). The van der Waals surface area contributed by atoms with E-state index in [1.165, 1.54) is 24.5 Å². The Morgan fingerprint density at radius 3 is 2.09 bits per heavy atom. The van der Waals surface area contributed by atoms with E-state index >= 15 is 0 Å². The Bertz CT molecular complexity index is 1270. The number of nitrogens with zero attached hydrogens (tertiary/aromatic N) is 1. The summed E-state index contributed by atoms with van der Waals surface area (Å²) in [5.41, 5.74) is 2.26. The van der Waals surface area contributed by atoms with E-state index in [2.05, 4.69) is 5.32 Å². The zero-order valence-electron chi connectivity index (χ0n) is 20.0. The molecule has 0 aliphatic heterocycles. The molecule has 0 aliphatic rings. The number of methoxy groups -OCH3 is 1. The van der Waals surface area contributed by atoms with Crippen LogP contribution < -0.4 is 14.8 Å². The Labute approximate surface area is 208 Å². The molecule has 0 aliphatic carbocycles. The number of hydrogen-bond acceptors (Lipinski definition) is 7. The second-order valence-electron chi connectivity index (χ2n) is 7.31. The zero-order valence-corrected chi connectivity index (χ0v) is 20.8. The first-order chi connectivity index (χ1) is 16.9. The largest absolute Gasteiger partial charge is 0.494 e. The Balaban J connectivity index is 1.94. The molecular formula is C27H26N2O5S. The lowest BCUT2D eigenvalue weighted by Gasteiger charge is -2.09. The highest BCUT2D eigenvalue weighted by atomic mass is 32.1. The number of anilines is 1. The molecule has 1 aromatic heterocycles. The number of nitrogens with one attached hydrogen (secondary N) is 1. The fourth-order valence-electron chi connectivity index (χ4n) is 3.47. The number of rotatable bonds is 9. The van der Waals surface area contributed by atoms with Gasteiger partial charge in [0.1, 0.15) is 33.7 Å². The summed E-state index contributed by atoms with van der Waals surface area (Å²) in [6.07, 6.45) is 1.48. The molecule has 0 unspecified atom stereocenters. The summed E-state index contributed by atoms with van der Waals surface area (Å²) in [5.74, 6) is 0.218. The van der Waals surface area contributed by atoms with Crippen molar-refractivity contribution in [2.75, 3.05) is 25.6 Å². The first-order valence-corrected chi connectivity index (χ1v) is 11.8. The number of carbonyl (C=O) groups excluding carboxylic acids is 2. The molecule has 0 saturated heterocycles. The number of esters is 1. The molecule has 0 bridgehead atoms. The van der Waals surface area contributed by atoms with Crippen molar-refractivity contribution >= 4 is 34.3 Å². The van der Waals surface area contributed by atoms with Gasteiger partial charge in [0.15, 0.2) is 0 Å². The summed E-state index contributed by atoms with van der Waals surface area (Å²) in [7, 11) is 1.29. The minimum atomic E-state index is -0.619. The average molecular weight is 491 g/mol. The van der Waals surface area contributed by atoms with Crippen molar-refractivity contribution in [3.05, 3.63) is 70.1 Å². The van der Waals surface area contributed by atoms with Crippen LogP contribution in [-0.4, -0.2) is 32.2 Å². The summed E-state index contributed by atoms with van der Waals surface area (Å²) in [5, 5.41) is 12.6. The maximum atomic E-state index is 13.0. The molecule has 1 heterocycles. The monoisotopic (exact) mass is 490 g/mol. The second-order valence-corrected chi connectivity index (χ2v) is 8.54. The fourth-order valence-corrected chi connectivity index (χ4v) is 4.53. The summed E-state index contributed by atoms with van der Waals surface area (Å²) < 4.78 is 15.9.